The molecule has 3 N–H and O–H groups in total. The van der Waals surface area contributed by atoms with Gasteiger partial charge in [0.1, 0.15) is 11.5 Å². The van der Waals surface area contributed by atoms with Crippen LogP contribution in [0.5, 0.6) is 11.5 Å². The van der Waals surface area contributed by atoms with Gasteiger partial charge in [0, 0.05) is 4.47 Å². The maximum atomic E-state index is 12.1. The highest BCUT2D eigenvalue weighted by atomic mass is 79.9. The minimum Gasteiger partial charge on any atom is -0.506 e. The molecule has 0 saturated heterocycles. The molecule has 0 bridgehead atoms. The summed E-state index contributed by atoms with van der Waals surface area (Å²) in [7, 11) is 0. The topological polar surface area (TPSA) is 95.9 Å². The van der Waals surface area contributed by atoms with E-state index in [0.29, 0.717) is 5.75 Å². The zero-order valence-corrected chi connectivity index (χ0v) is 13.7. The fraction of sp³-hybridized carbons (Fsp3) is 0.125. The molecule has 2 aromatic carbocycles. The Morgan fingerprint density at radius 3 is 2.43 bits per heavy atom. The number of rotatable bonds is 5. The Hall–Kier alpha value is -2.54. The number of carbonyl (C=O) groups excluding carboxylic acids is 1. The normalized spacial score (nSPS) is 11.6. The summed E-state index contributed by atoms with van der Waals surface area (Å²) >= 11 is 3.30. The maximum Gasteiger partial charge on any atom is 0.335 e. The van der Waals surface area contributed by atoms with Gasteiger partial charge in [-0.2, -0.15) is 0 Å². The lowest BCUT2D eigenvalue weighted by Gasteiger charge is -2.15. The molecule has 0 aliphatic rings. The SMILES string of the molecule is CC(Oc1ccc(Br)cc1)C(=O)Nc1cc(C(=O)O)ccc1O. The Morgan fingerprint density at radius 2 is 1.83 bits per heavy atom. The van der Waals surface area contributed by atoms with E-state index >= 15 is 0 Å². The van der Waals surface area contributed by atoms with Crippen molar-refractivity contribution in [2.75, 3.05) is 5.32 Å². The molecule has 1 atom stereocenters. The van der Waals surface area contributed by atoms with Gasteiger partial charge in [-0.25, -0.2) is 4.79 Å². The predicted molar refractivity (Wildman–Crippen MR) is 87.9 cm³/mol. The van der Waals surface area contributed by atoms with Gasteiger partial charge in [0.25, 0.3) is 5.91 Å². The Morgan fingerprint density at radius 1 is 1.17 bits per heavy atom. The van der Waals surface area contributed by atoms with E-state index in [1.54, 1.807) is 31.2 Å². The van der Waals surface area contributed by atoms with Crippen molar-refractivity contribution in [3.63, 3.8) is 0 Å². The molecule has 2 aromatic rings. The monoisotopic (exact) mass is 379 g/mol. The van der Waals surface area contributed by atoms with Crippen LogP contribution in [0.2, 0.25) is 0 Å². The van der Waals surface area contributed by atoms with Crippen LogP contribution in [0.15, 0.2) is 46.9 Å². The number of phenolic OH excluding ortho intramolecular Hbond substituents is 1. The van der Waals surface area contributed by atoms with Crippen LogP contribution in [0.25, 0.3) is 0 Å². The molecule has 2 rings (SSSR count). The van der Waals surface area contributed by atoms with Crippen LogP contribution < -0.4 is 10.1 Å². The van der Waals surface area contributed by atoms with Crippen molar-refractivity contribution < 1.29 is 24.5 Å². The molecule has 7 heteroatoms. The first-order chi connectivity index (χ1) is 10.9. The lowest BCUT2D eigenvalue weighted by atomic mass is 10.2. The summed E-state index contributed by atoms with van der Waals surface area (Å²) in [6, 6.07) is 10.6. The van der Waals surface area contributed by atoms with Gasteiger partial charge in [-0.05, 0) is 49.4 Å². The molecular weight excluding hydrogens is 366 g/mol. The second-order valence-electron chi connectivity index (χ2n) is 4.74. The average molecular weight is 380 g/mol. The average Bonchev–Trinajstić information content (AvgIpc) is 2.51. The van der Waals surface area contributed by atoms with Gasteiger partial charge in [-0.15, -0.1) is 0 Å². The highest BCUT2D eigenvalue weighted by Gasteiger charge is 2.17. The molecule has 0 radical (unpaired) electrons. The highest BCUT2D eigenvalue weighted by Crippen LogP contribution is 2.25. The Bertz CT molecular complexity index is 730. The number of halogens is 1. The standard InChI is InChI=1S/C16H14BrNO5/c1-9(23-12-5-3-11(17)4-6-12)15(20)18-13-8-10(16(21)22)2-7-14(13)19/h2-9,19H,1H3,(H,18,20)(H,21,22). The maximum absolute atomic E-state index is 12.1. The summed E-state index contributed by atoms with van der Waals surface area (Å²) in [5.74, 6) is -1.37. The first-order valence-electron chi connectivity index (χ1n) is 6.66. The summed E-state index contributed by atoms with van der Waals surface area (Å²) in [6.45, 7) is 1.55. The van der Waals surface area contributed by atoms with Crippen molar-refractivity contribution in [3.8, 4) is 11.5 Å². The largest absolute Gasteiger partial charge is 0.506 e. The van der Waals surface area contributed by atoms with Gasteiger partial charge in [-0.3, -0.25) is 4.79 Å². The first kappa shape index (κ1) is 16.8. The van der Waals surface area contributed by atoms with E-state index in [0.717, 1.165) is 4.47 Å². The van der Waals surface area contributed by atoms with Crippen molar-refractivity contribution in [2.45, 2.75) is 13.0 Å². The third-order valence-electron chi connectivity index (χ3n) is 3.00. The zero-order chi connectivity index (χ0) is 17.0. The Balaban J connectivity index is 2.07. The van der Waals surface area contributed by atoms with Crippen molar-refractivity contribution >= 4 is 33.5 Å². The number of carboxylic acids is 1. The number of amides is 1. The summed E-state index contributed by atoms with van der Waals surface area (Å²) in [5.41, 5.74) is -0.0271. The van der Waals surface area contributed by atoms with Crippen molar-refractivity contribution in [1.82, 2.24) is 0 Å². The van der Waals surface area contributed by atoms with Crippen molar-refractivity contribution in [3.05, 3.63) is 52.5 Å². The minimum absolute atomic E-state index is 0.0150. The third kappa shape index (κ3) is 4.46. The summed E-state index contributed by atoms with van der Waals surface area (Å²) < 4.78 is 6.38. The Labute approximate surface area is 140 Å². The number of ether oxygens (including phenoxy) is 1. The number of benzene rings is 2. The van der Waals surface area contributed by atoms with E-state index in [1.807, 2.05) is 0 Å². The molecule has 0 aromatic heterocycles. The second kappa shape index (κ2) is 7.15. The molecule has 1 unspecified atom stereocenters. The molecular formula is C16H14BrNO5. The quantitative estimate of drug-likeness (QED) is 0.692. The minimum atomic E-state index is -1.15. The number of anilines is 1. The van der Waals surface area contributed by atoms with E-state index in [2.05, 4.69) is 21.2 Å². The van der Waals surface area contributed by atoms with Crippen LogP contribution >= 0.6 is 15.9 Å². The van der Waals surface area contributed by atoms with Crippen molar-refractivity contribution in [2.24, 2.45) is 0 Å². The van der Waals surface area contributed by atoms with E-state index in [-0.39, 0.29) is 17.0 Å². The predicted octanol–water partition coefficient (Wildman–Crippen LogP) is 3.26. The van der Waals surface area contributed by atoms with Crippen LogP contribution in [-0.2, 0) is 4.79 Å². The molecule has 120 valence electrons. The van der Waals surface area contributed by atoms with Crippen LogP contribution in [-0.4, -0.2) is 28.2 Å². The van der Waals surface area contributed by atoms with Crippen LogP contribution in [0, 0.1) is 0 Å². The molecule has 0 spiro atoms. The molecule has 0 saturated carbocycles. The number of phenols is 1. The second-order valence-corrected chi connectivity index (χ2v) is 5.66. The lowest BCUT2D eigenvalue weighted by molar-refractivity contribution is -0.122. The van der Waals surface area contributed by atoms with Crippen molar-refractivity contribution in [1.29, 1.82) is 0 Å². The molecule has 0 aliphatic carbocycles. The van der Waals surface area contributed by atoms with E-state index < -0.39 is 18.0 Å². The number of nitrogens with one attached hydrogen (secondary N) is 1. The summed E-state index contributed by atoms with van der Waals surface area (Å²) in [5, 5.41) is 21.1. The zero-order valence-electron chi connectivity index (χ0n) is 12.1. The number of aromatic carboxylic acids is 1. The number of carbonyl (C=O) groups is 2. The number of hydrogen-bond acceptors (Lipinski definition) is 4. The molecule has 0 heterocycles. The van der Waals surface area contributed by atoms with Gasteiger partial charge >= 0.3 is 5.97 Å². The number of hydrogen-bond donors (Lipinski definition) is 3. The van der Waals surface area contributed by atoms with Gasteiger partial charge in [-0.1, -0.05) is 15.9 Å². The molecule has 1 amide bonds. The molecule has 0 aliphatic heterocycles. The van der Waals surface area contributed by atoms with Gasteiger partial charge in [0.05, 0.1) is 11.3 Å². The first-order valence-corrected chi connectivity index (χ1v) is 7.45. The summed E-state index contributed by atoms with van der Waals surface area (Å²) in [6.07, 6.45) is -0.830. The highest BCUT2D eigenvalue weighted by molar-refractivity contribution is 9.10. The Kier molecular flexibility index (Phi) is 5.23. The third-order valence-corrected chi connectivity index (χ3v) is 3.53. The van der Waals surface area contributed by atoms with Gasteiger partial charge in [0.2, 0.25) is 0 Å². The van der Waals surface area contributed by atoms with Crippen LogP contribution in [0.1, 0.15) is 17.3 Å². The summed E-state index contributed by atoms with van der Waals surface area (Å²) in [4.78, 5) is 23.0. The van der Waals surface area contributed by atoms with E-state index in [4.69, 9.17) is 9.84 Å². The van der Waals surface area contributed by atoms with Gasteiger partial charge in [0.15, 0.2) is 6.10 Å². The fourth-order valence-electron chi connectivity index (χ4n) is 1.77. The molecule has 6 nitrogen and oxygen atoms in total. The lowest BCUT2D eigenvalue weighted by Crippen LogP contribution is -2.30. The van der Waals surface area contributed by atoms with Gasteiger partial charge < -0.3 is 20.3 Å². The van der Waals surface area contributed by atoms with Crippen LogP contribution in [0.4, 0.5) is 5.69 Å². The molecule has 0 fully saturated rings. The number of carboxylic acid groups (broad SMARTS) is 1. The fourth-order valence-corrected chi connectivity index (χ4v) is 2.04. The number of aromatic hydroxyl groups is 1. The molecule has 23 heavy (non-hydrogen) atoms. The van der Waals surface area contributed by atoms with Crippen LogP contribution in [0.3, 0.4) is 0 Å². The van der Waals surface area contributed by atoms with E-state index in [1.165, 1.54) is 18.2 Å². The smallest absolute Gasteiger partial charge is 0.335 e. The van der Waals surface area contributed by atoms with E-state index in [9.17, 15) is 14.7 Å².